The average molecular weight is 454 g/mol. The van der Waals surface area contributed by atoms with Gasteiger partial charge in [-0.25, -0.2) is 9.67 Å². The zero-order chi connectivity index (χ0) is 23.2. The van der Waals surface area contributed by atoms with E-state index < -0.39 is 17.8 Å². The second-order valence-corrected chi connectivity index (χ2v) is 8.01. The molecule has 0 unspecified atom stereocenters. The van der Waals surface area contributed by atoms with Crippen LogP contribution in [0.4, 0.5) is 17.6 Å². The van der Waals surface area contributed by atoms with Crippen LogP contribution < -0.4 is 5.32 Å². The fourth-order valence-corrected chi connectivity index (χ4v) is 3.72. The summed E-state index contributed by atoms with van der Waals surface area (Å²) in [6, 6.07) is 16.2. The number of benzene rings is 2. The number of carbonyl (C=O) groups is 1. The standard InChI is InChI=1S/C24H18F4N4O/c25-22-20(32-19(15-7-8-15)12-21(31-32)24(26,27)28)11-17-10-14(6-9-18(17)30-22)13-29-23(33)16-4-2-1-3-5-16/h1-6,9-12,15H,7-8,13H2,(H,29,33). The summed E-state index contributed by atoms with van der Waals surface area (Å²) in [4.78, 5) is 16.2. The molecule has 1 N–H and O–H groups in total. The van der Waals surface area contributed by atoms with Gasteiger partial charge in [0.2, 0.25) is 5.95 Å². The van der Waals surface area contributed by atoms with Gasteiger partial charge in [0.25, 0.3) is 5.91 Å². The second-order valence-electron chi connectivity index (χ2n) is 8.01. The van der Waals surface area contributed by atoms with E-state index in [1.54, 1.807) is 42.5 Å². The molecule has 2 aromatic carbocycles. The third kappa shape index (κ3) is 4.30. The van der Waals surface area contributed by atoms with Crippen molar-refractivity contribution in [2.75, 3.05) is 0 Å². The summed E-state index contributed by atoms with van der Waals surface area (Å²) >= 11 is 0. The predicted octanol–water partition coefficient (Wildman–Crippen LogP) is 5.39. The highest BCUT2D eigenvalue weighted by Gasteiger charge is 2.38. The summed E-state index contributed by atoms with van der Waals surface area (Å²) in [7, 11) is 0. The molecule has 0 atom stereocenters. The molecule has 2 aromatic heterocycles. The Bertz CT molecular complexity index is 1340. The molecule has 1 aliphatic carbocycles. The van der Waals surface area contributed by atoms with E-state index in [0.29, 0.717) is 22.2 Å². The number of aromatic nitrogens is 3. The van der Waals surface area contributed by atoms with Gasteiger partial charge in [-0.2, -0.15) is 22.7 Å². The molecule has 1 amide bonds. The number of nitrogens with one attached hydrogen (secondary N) is 1. The summed E-state index contributed by atoms with van der Waals surface area (Å²) in [5, 5.41) is 7.00. The third-order valence-corrected chi connectivity index (χ3v) is 5.55. The van der Waals surface area contributed by atoms with Gasteiger partial charge in [0, 0.05) is 29.1 Å². The van der Waals surface area contributed by atoms with E-state index in [0.717, 1.165) is 29.2 Å². The Labute approximate surface area is 186 Å². The molecule has 168 valence electrons. The zero-order valence-electron chi connectivity index (χ0n) is 17.2. The van der Waals surface area contributed by atoms with E-state index in [1.807, 2.05) is 6.07 Å². The molecule has 1 aliphatic rings. The van der Waals surface area contributed by atoms with Gasteiger partial charge in [0.15, 0.2) is 5.69 Å². The van der Waals surface area contributed by atoms with Crippen molar-refractivity contribution in [3.63, 3.8) is 0 Å². The van der Waals surface area contributed by atoms with Gasteiger partial charge >= 0.3 is 6.18 Å². The van der Waals surface area contributed by atoms with E-state index in [2.05, 4.69) is 15.4 Å². The van der Waals surface area contributed by atoms with Crippen LogP contribution in [0.25, 0.3) is 16.6 Å². The molecule has 0 saturated heterocycles. The van der Waals surface area contributed by atoms with Gasteiger partial charge in [-0.05, 0) is 54.8 Å². The van der Waals surface area contributed by atoms with Crippen molar-refractivity contribution in [2.24, 2.45) is 0 Å². The van der Waals surface area contributed by atoms with Crippen LogP contribution in [0.15, 0.2) is 60.7 Å². The summed E-state index contributed by atoms with van der Waals surface area (Å²) in [6.45, 7) is 0.226. The average Bonchev–Trinajstić information content (AvgIpc) is 3.54. The molecule has 1 fully saturated rings. The molecule has 0 spiro atoms. The molecule has 5 nitrogen and oxygen atoms in total. The lowest BCUT2D eigenvalue weighted by atomic mass is 10.1. The minimum absolute atomic E-state index is 0.0803. The highest BCUT2D eigenvalue weighted by molar-refractivity contribution is 5.94. The first kappa shape index (κ1) is 21.1. The van der Waals surface area contributed by atoms with Crippen molar-refractivity contribution in [3.8, 4) is 5.69 Å². The quantitative estimate of drug-likeness (QED) is 0.325. The molecule has 9 heteroatoms. The van der Waals surface area contributed by atoms with Crippen LogP contribution in [0.3, 0.4) is 0 Å². The van der Waals surface area contributed by atoms with Gasteiger partial charge in [-0.3, -0.25) is 4.79 Å². The summed E-state index contributed by atoms with van der Waals surface area (Å²) < 4.78 is 55.5. The first-order valence-corrected chi connectivity index (χ1v) is 10.4. The molecule has 0 aliphatic heterocycles. The highest BCUT2D eigenvalue weighted by Crippen LogP contribution is 2.43. The Morgan fingerprint density at radius 3 is 2.52 bits per heavy atom. The van der Waals surface area contributed by atoms with Crippen LogP contribution in [0.1, 0.15) is 46.1 Å². The molecule has 1 saturated carbocycles. The maximum absolute atomic E-state index is 14.8. The Kier molecular flexibility index (Phi) is 5.11. The molecule has 0 radical (unpaired) electrons. The molecule has 33 heavy (non-hydrogen) atoms. The number of amides is 1. The fraction of sp³-hybridized carbons (Fsp3) is 0.208. The van der Waals surface area contributed by atoms with E-state index in [9.17, 15) is 22.4 Å². The number of hydrogen-bond acceptors (Lipinski definition) is 3. The van der Waals surface area contributed by atoms with Gasteiger partial charge in [-0.15, -0.1) is 0 Å². The van der Waals surface area contributed by atoms with Crippen LogP contribution >= 0.6 is 0 Å². The minimum Gasteiger partial charge on any atom is -0.348 e. The molecular weight excluding hydrogens is 436 g/mol. The van der Waals surface area contributed by atoms with E-state index >= 15 is 0 Å². The Morgan fingerprint density at radius 1 is 1.06 bits per heavy atom. The van der Waals surface area contributed by atoms with Crippen molar-refractivity contribution < 1.29 is 22.4 Å². The molecule has 5 rings (SSSR count). The fourth-order valence-electron chi connectivity index (χ4n) is 3.72. The van der Waals surface area contributed by atoms with E-state index in [1.165, 1.54) is 6.07 Å². The molecule has 4 aromatic rings. The van der Waals surface area contributed by atoms with Gasteiger partial charge in [-0.1, -0.05) is 24.3 Å². The smallest absolute Gasteiger partial charge is 0.348 e. The van der Waals surface area contributed by atoms with Crippen LogP contribution in [-0.4, -0.2) is 20.7 Å². The van der Waals surface area contributed by atoms with Crippen LogP contribution in [0.5, 0.6) is 0 Å². The Morgan fingerprint density at radius 2 is 1.82 bits per heavy atom. The topological polar surface area (TPSA) is 59.8 Å². The Hall–Kier alpha value is -3.75. The van der Waals surface area contributed by atoms with E-state index in [-0.39, 0.29) is 24.1 Å². The summed E-state index contributed by atoms with van der Waals surface area (Å²) in [6.07, 6.45) is -3.16. The number of rotatable bonds is 5. The molecule has 0 bridgehead atoms. The van der Waals surface area contributed by atoms with Crippen LogP contribution in [-0.2, 0) is 12.7 Å². The maximum Gasteiger partial charge on any atom is 0.435 e. The van der Waals surface area contributed by atoms with Crippen molar-refractivity contribution in [1.82, 2.24) is 20.1 Å². The van der Waals surface area contributed by atoms with Crippen LogP contribution in [0.2, 0.25) is 0 Å². The number of halogens is 4. The van der Waals surface area contributed by atoms with Gasteiger partial charge in [0.1, 0.15) is 5.69 Å². The van der Waals surface area contributed by atoms with Crippen LogP contribution in [0, 0.1) is 5.95 Å². The number of nitrogens with zero attached hydrogens (tertiary/aromatic N) is 3. The van der Waals surface area contributed by atoms with Gasteiger partial charge < -0.3 is 5.32 Å². The third-order valence-electron chi connectivity index (χ3n) is 5.55. The summed E-state index contributed by atoms with van der Waals surface area (Å²) in [5.74, 6) is -1.21. The van der Waals surface area contributed by atoms with Crippen molar-refractivity contribution in [1.29, 1.82) is 0 Å². The zero-order valence-corrected chi connectivity index (χ0v) is 17.2. The number of hydrogen-bond donors (Lipinski definition) is 1. The SMILES string of the molecule is O=C(NCc1ccc2nc(F)c(-n3nc(C(F)(F)F)cc3C3CC3)cc2c1)c1ccccc1. The number of carbonyl (C=O) groups excluding carboxylic acids is 1. The normalized spacial score (nSPS) is 13.9. The van der Waals surface area contributed by atoms with Crippen molar-refractivity contribution >= 4 is 16.8 Å². The summed E-state index contributed by atoms with van der Waals surface area (Å²) in [5.41, 5.74) is 0.756. The number of pyridine rings is 1. The van der Waals surface area contributed by atoms with Crippen molar-refractivity contribution in [3.05, 3.63) is 89.1 Å². The Balaban J connectivity index is 1.47. The monoisotopic (exact) mass is 454 g/mol. The first-order valence-electron chi connectivity index (χ1n) is 10.4. The minimum atomic E-state index is -4.63. The molecular formula is C24H18F4N4O. The largest absolute Gasteiger partial charge is 0.435 e. The van der Waals surface area contributed by atoms with Gasteiger partial charge in [0.05, 0.1) is 5.52 Å². The maximum atomic E-state index is 14.8. The lowest BCUT2D eigenvalue weighted by Crippen LogP contribution is -2.22. The first-order chi connectivity index (χ1) is 15.8. The lowest BCUT2D eigenvalue weighted by Gasteiger charge is -2.10. The number of fused-ring (bicyclic) bond motifs is 1. The number of alkyl halides is 3. The molecule has 2 heterocycles. The lowest BCUT2D eigenvalue weighted by molar-refractivity contribution is -0.141. The van der Waals surface area contributed by atoms with E-state index in [4.69, 9.17) is 0 Å². The highest BCUT2D eigenvalue weighted by atomic mass is 19.4. The predicted molar refractivity (Wildman–Crippen MR) is 113 cm³/mol. The van der Waals surface area contributed by atoms with Crippen molar-refractivity contribution in [2.45, 2.75) is 31.5 Å². The second kappa shape index (κ2) is 7.99.